The lowest BCUT2D eigenvalue weighted by Gasteiger charge is -2.08. The van der Waals surface area contributed by atoms with E-state index in [0.717, 1.165) is 49.5 Å². The van der Waals surface area contributed by atoms with Gasteiger partial charge in [-0.05, 0) is 61.4 Å². The minimum Gasteiger partial charge on any atom is -0.494 e. The molecule has 42 heavy (non-hydrogen) atoms. The molecule has 0 atom stereocenters. The molecule has 0 unspecified atom stereocenters. The number of nitrogens with two attached hydrogens (primary N) is 1. The number of carbonyl (C=O) groups is 4. The largest absolute Gasteiger partial charge is 0.494 e. The van der Waals surface area contributed by atoms with Crippen molar-refractivity contribution in [1.82, 2.24) is 0 Å². The number of unbranched alkanes of at least 4 members (excludes halogenated alkanes) is 2. The van der Waals surface area contributed by atoms with Crippen molar-refractivity contribution in [2.45, 2.75) is 80.1 Å². The number of ketones is 2. The summed E-state index contributed by atoms with van der Waals surface area (Å²) in [5.41, 5.74) is 6.98. The second-order valence-corrected chi connectivity index (χ2v) is 10.2. The molecular formula is C33H50N2O7. The summed E-state index contributed by atoms with van der Waals surface area (Å²) in [6.45, 7) is 12.8. The molecule has 0 aliphatic carbocycles. The van der Waals surface area contributed by atoms with Gasteiger partial charge >= 0.3 is 5.97 Å². The molecule has 0 aliphatic rings. The molecule has 0 spiro atoms. The minimum absolute atomic E-state index is 0.0537. The molecule has 1 amide bonds. The second kappa shape index (κ2) is 22.8. The number of hydrogen-bond donors (Lipinski definition) is 2. The number of rotatable bonds is 15. The standard InChI is InChI=1S/C16H23NO3.C10H15NO.C7H12O3/c1-4-5-10-20-14-8-6-13(7-9-14)17-16(19)11-15(18)12(2)3;1-2-3-8-12-10-6-4-9(11)5-7-10;1-5(2)6(8)4-7(9)10-3/h6-9,12H,4-5,10-11H2,1-3H3,(H,17,19);4-7H,2-3,8,11H2,1H3;5H,4H2,1-3H3. The highest BCUT2D eigenvalue weighted by Crippen LogP contribution is 2.16. The molecule has 0 fully saturated rings. The van der Waals surface area contributed by atoms with Gasteiger partial charge in [0.1, 0.15) is 29.5 Å². The first kappa shape index (κ1) is 38.1. The van der Waals surface area contributed by atoms with Gasteiger partial charge in [-0.3, -0.25) is 19.2 Å². The maximum atomic E-state index is 11.7. The topological polar surface area (TPSA) is 134 Å². The van der Waals surface area contributed by atoms with E-state index in [1.807, 2.05) is 36.4 Å². The molecule has 2 aromatic rings. The van der Waals surface area contributed by atoms with Crippen LogP contribution in [0.15, 0.2) is 48.5 Å². The van der Waals surface area contributed by atoms with E-state index in [0.29, 0.717) is 12.3 Å². The van der Waals surface area contributed by atoms with Crippen LogP contribution in [-0.4, -0.2) is 43.8 Å². The Bertz CT molecular complexity index is 1050. The van der Waals surface area contributed by atoms with Gasteiger partial charge in [0.2, 0.25) is 5.91 Å². The van der Waals surface area contributed by atoms with Crippen molar-refractivity contribution in [3.05, 3.63) is 48.5 Å². The second-order valence-electron chi connectivity index (χ2n) is 10.2. The van der Waals surface area contributed by atoms with Gasteiger partial charge in [-0.15, -0.1) is 0 Å². The van der Waals surface area contributed by atoms with Gasteiger partial charge in [0.25, 0.3) is 0 Å². The molecule has 2 rings (SSSR count). The lowest BCUT2D eigenvalue weighted by Crippen LogP contribution is -2.19. The van der Waals surface area contributed by atoms with E-state index < -0.39 is 5.97 Å². The molecule has 0 aliphatic heterocycles. The van der Waals surface area contributed by atoms with E-state index in [1.54, 1.807) is 39.8 Å². The fourth-order valence-electron chi connectivity index (χ4n) is 2.85. The van der Waals surface area contributed by atoms with Crippen LogP contribution in [0.5, 0.6) is 11.5 Å². The van der Waals surface area contributed by atoms with Gasteiger partial charge in [0, 0.05) is 23.2 Å². The van der Waals surface area contributed by atoms with Crippen LogP contribution in [0.3, 0.4) is 0 Å². The molecule has 3 N–H and O–H groups in total. The van der Waals surface area contributed by atoms with Crippen LogP contribution in [-0.2, 0) is 23.9 Å². The molecule has 0 saturated carbocycles. The SMILES string of the molecule is CCCCOc1ccc(N)cc1.CCCCOc1ccc(NC(=O)CC(=O)C(C)C)cc1.COC(=O)CC(=O)C(C)C. The fourth-order valence-corrected chi connectivity index (χ4v) is 2.85. The Hall–Kier alpha value is -3.88. The van der Waals surface area contributed by atoms with Crippen molar-refractivity contribution in [3.63, 3.8) is 0 Å². The Morgan fingerprint density at radius 1 is 0.714 bits per heavy atom. The number of anilines is 2. The summed E-state index contributed by atoms with van der Waals surface area (Å²) in [7, 11) is 1.27. The smallest absolute Gasteiger partial charge is 0.313 e. The van der Waals surface area contributed by atoms with Crippen molar-refractivity contribution in [2.24, 2.45) is 11.8 Å². The Labute approximate surface area is 251 Å². The zero-order valence-electron chi connectivity index (χ0n) is 26.4. The average molecular weight is 587 g/mol. The molecular weight excluding hydrogens is 536 g/mol. The van der Waals surface area contributed by atoms with E-state index in [2.05, 4.69) is 23.9 Å². The molecule has 0 radical (unpaired) electrons. The minimum atomic E-state index is -0.460. The van der Waals surface area contributed by atoms with E-state index in [9.17, 15) is 19.2 Å². The molecule has 0 bridgehead atoms. The first-order valence-electron chi connectivity index (χ1n) is 14.6. The Morgan fingerprint density at radius 3 is 1.55 bits per heavy atom. The van der Waals surface area contributed by atoms with Crippen LogP contribution in [0, 0.1) is 11.8 Å². The van der Waals surface area contributed by atoms with Crippen LogP contribution in [0.4, 0.5) is 11.4 Å². The van der Waals surface area contributed by atoms with Gasteiger partial charge in [-0.25, -0.2) is 0 Å². The normalized spacial score (nSPS) is 10.0. The predicted molar refractivity (Wildman–Crippen MR) is 168 cm³/mol. The summed E-state index contributed by atoms with van der Waals surface area (Å²) in [5.74, 6) is 0.623. The number of esters is 1. The van der Waals surface area contributed by atoms with Crippen molar-refractivity contribution < 1.29 is 33.4 Å². The van der Waals surface area contributed by atoms with Crippen molar-refractivity contribution >= 4 is 34.8 Å². The highest BCUT2D eigenvalue weighted by atomic mass is 16.5. The third-order valence-electron chi connectivity index (χ3n) is 5.72. The molecule has 234 valence electrons. The first-order chi connectivity index (χ1) is 19.9. The van der Waals surface area contributed by atoms with Crippen LogP contribution in [0.1, 0.15) is 80.1 Å². The summed E-state index contributed by atoms with van der Waals surface area (Å²) in [4.78, 5) is 44.4. The lowest BCUT2D eigenvalue weighted by molar-refractivity contribution is -0.144. The maximum absolute atomic E-state index is 11.7. The molecule has 2 aromatic carbocycles. The molecule has 0 aromatic heterocycles. The highest BCUT2D eigenvalue weighted by molar-refractivity contribution is 6.04. The number of ether oxygens (including phenoxy) is 3. The van der Waals surface area contributed by atoms with Crippen LogP contribution < -0.4 is 20.5 Å². The number of methoxy groups -OCH3 is 1. The van der Waals surface area contributed by atoms with Crippen molar-refractivity contribution in [3.8, 4) is 11.5 Å². The van der Waals surface area contributed by atoms with Crippen LogP contribution >= 0.6 is 0 Å². The predicted octanol–water partition coefficient (Wildman–Crippen LogP) is 6.64. The average Bonchev–Trinajstić information content (AvgIpc) is 2.95. The van der Waals surface area contributed by atoms with Gasteiger partial charge in [-0.1, -0.05) is 54.4 Å². The van der Waals surface area contributed by atoms with E-state index in [4.69, 9.17) is 15.2 Å². The van der Waals surface area contributed by atoms with Gasteiger partial charge in [0.05, 0.1) is 26.7 Å². The third-order valence-corrected chi connectivity index (χ3v) is 5.72. The van der Waals surface area contributed by atoms with Crippen molar-refractivity contribution in [2.75, 3.05) is 31.4 Å². The lowest BCUT2D eigenvalue weighted by atomic mass is 10.1. The fraction of sp³-hybridized carbons (Fsp3) is 0.515. The zero-order valence-corrected chi connectivity index (χ0v) is 26.4. The van der Waals surface area contributed by atoms with E-state index in [1.165, 1.54) is 7.11 Å². The third kappa shape index (κ3) is 19.2. The number of nitrogens with one attached hydrogen (secondary N) is 1. The number of nitrogen functional groups attached to an aromatic ring is 1. The quantitative estimate of drug-likeness (QED) is 0.103. The Morgan fingerprint density at radius 2 is 1.14 bits per heavy atom. The summed E-state index contributed by atoms with van der Waals surface area (Å²) in [5, 5.41) is 2.71. The van der Waals surface area contributed by atoms with Gasteiger partial charge < -0.3 is 25.3 Å². The van der Waals surface area contributed by atoms with Crippen LogP contribution in [0.2, 0.25) is 0 Å². The Balaban J connectivity index is 0.000000652. The maximum Gasteiger partial charge on any atom is 0.313 e. The molecule has 9 nitrogen and oxygen atoms in total. The summed E-state index contributed by atoms with van der Waals surface area (Å²) in [6, 6.07) is 14.7. The number of Topliss-reactive ketones (excluding diaryl/α,β-unsaturated/α-hetero) is 2. The summed E-state index contributed by atoms with van der Waals surface area (Å²) >= 11 is 0. The molecule has 0 heterocycles. The van der Waals surface area contributed by atoms with E-state index in [-0.39, 0.29) is 42.2 Å². The number of amides is 1. The number of benzene rings is 2. The Kier molecular flexibility index (Phi) is 20.7. The number of hydrogen-bond acceptors (Lipinski definition) is 8. The van der Waals surface area contributed by atoms with Gasteiger partial charge in [-0.2, -0.15) is 0 Å². The van der Waals surface area contributed by atoms with Gasteiger partial charge in [0.15, 0.2) is 0 Å². The first-order valence-corrected chi connectivity index (χ1v) is 14.6. The molecule has 9 heteroatoms. The monoisotopic (exact) mass is 586 g/mol. The summed E-state index contributed by atoms with van der Waals surface area (Å²) < 4.78 is 15.3. The van der Waals surface area contributed by atoms with Crippen LogP contribution in [0.25, 0.3) is 0 Å². The molecule has 0 saturated heterocycles. The number of carbonyl (C=O) groups excluding carboxylic acids is 4. The zero-order chi connectivity index (χ0) is 31.9. The summed E-state index contributed by atoms with van der Waals surface area (Å²) in [6.07, 6.45) is 4.20. The highest BCUT2D eigenvalue weighted by Gasteiger charge is 2.13. The van der Waals surface area contributed by atoms with Crippen molar-refractivity contribution in [1.29, 1.82) is 0 Å². The van der Waals surface area contributed by atoms with E-state index >= 15 is 0 Å².